The minimum Gasteiger partial charge on any atom is -0.293 e. The van der Waals surface area contributed by atoms with Gasteiger partial charge in [-0.2, -0.15) is 0 Å². The van der Waals surface area contributed by atoms with Crippen molar-refractivity contribution in [1.82, 2.24) is 5.32 Å². The van der Waals surface area contributed by atoms with Crippen molar-refractivity contribution >= 4 is 5.71 Å². The second-order valence-electron chi connectivity index (χ2n) is 2.97. The number of nitrogens with zero attached hydrogens (tertiary/aromatic N) is 1. The van der Waals surface area contributed by atoms with Crippen LogP contribution in [0, 0.1) is 0 Å². The van der Waals surface area contributed by atoms with Gasteiger partial charge in [0.15, 0.2) is 0 Å². The van der Waals surface area contributed by atoms with Crippen molar-refractivity contribution in [1.29, 1.82) is 0 Å². The Morgan fingerprint density at radius 1 is 1.25 bits per heavy atom. The molecule has 2 rings (SSSR count). The summed E-state index contributed by atoms with van der Waals surface area (Å²) in [5, 5.41) is 3.19. The summed E-state index contributed by atoms with van der Waals surface area (Å²) < 4.78 is 0. The van der Waals surface area contributed by atoms with Crippen LogP contribution in [0.1, 0.15) is 5.56 Å². The fraction of sp³-hybridized carbons (Fsp3) is 0.300. The Labute approximate surface area is 72.3 Å². The average molecular weight is 160 g/mol. The molecule has 0 spiro atoms. The molecule has 0 amide bonds. The van der Waals surface area contributed by atoms with Crippen LogP contribution in [-0.4, -0.2) is 18.9 Å². The van der Waals surface area contributed by atoms with Crippen molar-refractivity contribution in [2.45, 2.75) is 6.42 Å². The number of nitrogens with one attached hydrogen (secondary N) is 1. The highest BCUT2D eigenvalue weighted by Crippen LogP contribution is 2.02. The molecule has 1 aliphatic rings. The Hall–Kier alpha value is -1.15. The summed E-state index contributed by atoms with van der Waals surface area (Å²) in [6.07, 6.45) is 0.994. The number of benzene rings is 1. The van der Waals surface area contributed by atoms with E-state index in [1.807, 2.05) is 6.07 Å². The molecule has 2 nitrogen and oxygen atoms in total. The molecule has 1 aromatic carbocycles. The minimum atomic E-state index is 0.794. The van der Waals surface area contributed by atoms with Crippen LogP contribution in [0.25, 0.3) is 0 Å². The van der Waals surface area contributed by atoms with E-state index in [-0.39, 0.29) is 0 Å². The van der Waals surface area contributed by atoms with Crippen LogP contribution < -0.4 is 5.32 Å². The highest BCUT2D eigenvalue weighted by atomic mass is 15.1. The lowest BCUT2D eigenvalue weighted by atomic mass is 10.1. The smallest absolute Gasteiger partial charge is 0.0887 e. The maximum Gasteiger partial charge on any atom is 0.0887 e. The van der Waals surface area contributed by atoms with Crippen molar-refractivity contribution in [3.8, 4) is 0 Å². The third kappa shape index (κ3) is 1.71. The summed E-state index contributed by atoms with van der Waals surface area (Å²) in [6.45, 7) is 1.75. The van der Waals surface area contributed by atoms with Crippen molar-refractivity contribution in [2.24, 2.45) is 4.99 Å². The molecule has 62 valence electrons. The van der Waals surface area contributed by atoms with Crippen LogP contribution in [0.5, 0.6) is 0 Å². The van der Waals surface area contributed by atoms with E-state index < -0.39 is 0 Å². The molecule has 1 aromatic rings. The van der Waals surface area contributed by atoms with E-state index in [2.05, 4.69) is 34.6 Å². The summed E-state index contributed by atoms with van der Waals surface area (Å²) in [5.41, 5.74) is 2.61. The summed E-state index contributed by atoms with van der Waals surface area (Å²) in [4.78, 5) is 4.34. The first-order valence-corrected chi connectivity index (χ1v) is 4.22. The van der Waals surface area contributed by atoms with E-state index in [1.54, 1.807) is 0 Å². The largest absolute Gasteiger partial charge is 0.293 e. The Kier molecular flexibility index (Phi) is 2.19. The lowest BCUT2D eigenvalue weighted by molar-refractivity contribution is 0.849. The molecule has 0 fully saturated rings. The Balaban J connectivity index is 2.04. The minimum absolute atomic E-state index is 0.794. The van der Waals surface area contributed by atoms with Crippen molar-refractivity contribution in [3.63, 3.8) is 0 Å². The van der Waals surface area contributed by atoms with Crippen LogP contribution in [-0.2, 0) is 6.42 Å². The second kappa shape index (κ2) is 3.50. The maximum absolute atomic E-state index is 4.34. The van der Waals surface area contributed by atoms with E-state index in [1.165, 1.54) is 11.3 Å². The van der Waals surface area contributed by atoms with Crippen LogP contribution in [0.2, 0.25) is 0 Å². The predicted molar refractivity (Wildman–Crippen MR) is 50.5 cm³/mol. The topological polar surface area (TPSA) is 24.4 Å². The summed E-state index contributed by atoms with van der Waals surface area (Å²) in [5.74, 6) is 0. The molecule has 12 heavy (non-hydrogen) atoms. The molecular formula is C10H12N2. The Bertz CT molecular complexity index is 277. The van der Waals surface area contributed by atoms with Crippen molar-refractivity contribution < 1.29 is 0 Å². The predicted octanol–water partition coefficient (Wildman–Crippen LogP) is 1.23. The molecule has 2 heteroatoms. The van der Waals surface area contributed by atoms with Gasteiger partial charge in [0.1, 0.15) is 0 Å². The molecule has 1 aliphatic heterocycles. The molecule has 0 saturated heterocycles. The summed E-state index contributed by atoms with van der Waals surface area (Å²) >= 11 is 0. The van der Waals surface area contributed by atoms with E-state index in [0.29, 0.717) is 0 Å². The zero-order valence-electron chi connectivity index (χ0n) is 6.96. The highest BCUT2D eigenvalue weighted by molar-refractivity contribution is 5.89. The van der Waals surface area contributed by atoms with E-state index in [4.69, 9.17) is 0 Å². The van der Waals surface area contributed by atoms with Crippen LogP contribution in [0.15, 0.2) is 35.3 Å². The van der Waals surface area contributed by atoms with Gasteiger partial charge in [0.25, 0.3) is 0 Å². The van der Waals surface area contributed by atoms with Gasteiger partial charge in [0.2, 0.25) is 0 Å². The van der Waals surface area contributed by atoms with Gasteiger partial charge >= 0.3 is 0 Å². The van der Waals surface area contributed by atoms with Crippen molar-refractivity contribution in [3.05, 3.63) is 35.9 Å². The Morgan fingerprint density at radius 3 is 2.75 bits per heavy atom. The molecular weight excluding hydrogens is 148 g/mol. The zero-order chi connectivity index (χ0) is 8.23. The third-order valence-corrected chi connectivity index (χ3v) is 1.99. The first-order chi connectivity index (χ1) is 5.95. The van der Waals surface area contributed by atoms with Crippen LogP contribution in [0.3, 0.4) is 0 Å². The molecule has 0 aromatic heterocycles. The molecule has 1 heterocycles. The summed E-state index contributed by atoms with van der Waals surface area (Å²) in [7, 11) is 0. The van der Waals surface area contributed by atoms with E-state index in [9.17, 15) is 0 Å². The number of rotatable bonds is 2. The fourth-order valence-corrected chi connectivity index (χ4v) is 1.37. The fourth-order valence-electron chi connectivity index (χ4n) is 1.37. The number of hydrogen-bond acceptors (Lipinski definition) is 2. The average Bonchev–Trinajstić information content (AvgIpc) is 2.59. The van der Waals surface area contributed by atoms with Crippen LogP contribution in [0.4, 0.5) is 0 Å². The van der Waals surface area contributed by atoms with Gasteiger partial charge in [-0.25, -0.2) is 0 Å². The maximum atomic E-state index is 4.34. The van der Waals surface area contributed by atoms with Gasteiger partial charge in [0, 0.05) is 18.7 Å². The molecule has 0 aliphatic carbocycles. The monoisotopic (exact) mass is 160 g/mol. The highest BCUT2D eigenvalue weighted by Gasteiger charge is 2.04. The lowest BCUT2D eigenvalue weighted by Crippen LogP contribution is -2.14. The standard InChI is InChI=1S/C10H12N2/c1-2-4-9(5-3-1)6-10-7-11-8-12-10/h1-5,11H,6-8H2. The van der Waals surface area contributed by atoms with E-state index in [0.717, 1.165) is 19.6 Å². The van der Waals surface area contributed by atoms with Gasteiger partial charge < -0.3 is 0 Å². The molecule has 0 radical (unpaired) electrons. The van der Waals surface area contributed by atoms with Gasteiger partial charge in [-0.15, -0.1) is 0 Å². The van der Waals surface area contributed by atoms with Gasteiger partial charge in [0.05, 0.1) is 6.67 Å². The lowest BCUT2D eigenvalue weighted by Gasteiger charge is -1.98. The normalized spacial score (nSPS) is 16.2. The van der Waals surface area contributed by atoms with Crippen LogP contribution >= 0.6 is 0 Å². The van der Waals surface area contributed by atoms with E-state index >= 15 is 0 Å². The Morgan fingerprint density at radius 2 is 2.08 bits per heavy atom. The molecule has 0 bridgehead atoms. The second-order valence-corrected chi connectivity index (χ2v) is 2.97. The molecule has 0 atom stereocenters. The van der Waals surface area contributed by atoms with Gasteiger partial charge in [-0.1, -0.05) is 30.3 Å². The number of aliphatic imine (C=N–C) groups is 1. The molecule has 0 saturated carbocycles. The molecule has 0 unspecified atom stereocenters. The molecule has 1 N–H and O–H groups in total. The number of hydrogen-bond donors (Lipinski definition) is 1. The summed E-state index contributed by atoms with van der Waals surface area (Å²) in [6, 6.07) is 10.5. The first-order valence-electron chi connectivity index (χ1n) is 4.22. The first kappa shape index (κ1) is 7.50. The van der Waals surface area contributed by atoms with Gasteiger partial charge in [-0.3, -0.25) is 10.3 Å². The third-order valence-electron chi connectivity index (χ3n) is 1.99. The SMILES string of the molecule is c1ccc(CC2=NCNC2)cc1. The quantitative estimate of drug-likeness (QED) is 0.691. The zero-order valence-corrected chi connectivity index (χ0v) is 6.96. The van der Waals surface area contributed by atoms with Gasteiger partial charge in [-0.05, 0) is 5.56 Å². The van der Waals surface area contributed by atoms with Crippen molar-refractivity contribution in [2.75, 3.05) is 13.2 Å².